The second kappa shape index (κ2) is 5.14. The lowest BCUT2D eigenvalue weighted by Crippen LogP contribution is -2.36. The predicted molar refractivity (Wildman–Crippen MR) is 64.1 cm³/mol. The number of ether oxygens (including phenoxy) is 1. The zero-order valence-electron chi connectivity index (χ0n) is 9.93. The largest absolute Gasteiger partial charge is 0.468 e. The summed E-state index contributed by atoms with van der Waals surface area (Å²) in [6.45, 7) is 1.54. The number of aromatic nitrogens is 1. The number of hydrogen-bond acceptors (Lipinski definition) is 5. The van der Waals surface area contributed by atoms with E-state index in [0.29, 0.717) is 12.4 Å². The van der Waals surface area contributed by atoms with Gasteiger partial charge in [-0.1, -0.05) is 6.07 Å². The van der Waals surface area contributed by atoms with E-state index in [1.54, 1.807) is 6.07 Å². The summed E-state index contributed by atoms with van der Waals surface area (Å²) in [7, 11) is 1.43. The first kappa shape index (κ1) is 11.9. The van der Waals surface area contributed by atoms with Crippen molar-refractivity contribution in [2.24, 2.45) is 0 Å². The Balaban J connectivity index is 2.05. The van der Waals surface area contributed by atoms with Crippen molar-refractivity contribution in [3.8, 4) is 0 Å². The molecule has 1 aromatic rings. The van der Waals surface area contributed by atoms with E-state index in [9.17, 15) is 4.79 Å². The zero-order valence-corrected chi connectivity index (χ0v) is 9.93. The van der Waals surface area contributed by atoms with Gasteiger partial charge in [0.25, 0.3) is 0 Å². The van der Waals surface area contributed by atoms with E-state index in [-0.39, 0.29) is 12.0 Å². The number of nitrogen functional groups attached to an aromatic ring is 1. The van der Waals surface area contributed by atoms with Crippen LogP contribution in [-0.2, 0) is 16.1 Å². The molecule has 1 saturated heterocycles. The molecule has 0 spiro atoms. The van der Waals surface area contributed by atoms with Gasteiger partial charge in [-0.15, -0.1) is 0 Å². The van der Waals surface area contributed by atoms with Crippen molar-refractivity contribution in [2.75, 3.05) is 19.4 Å². The molecular formula is C12H17N3O2. The number of rotatable bonds is 3. The van der Waals surface area contributed by atoms with Crippen LogP contribution in [0.15, 0.2) is 18.2 Å². The van der Waals surface area contributed by atoms with E-state index in [1.165, 1.54) is 7.11 Å². The Morgan fingerprint density at radius 1 is 1.65 bits per heavy atom. The number of pyridine rings is 1. The molecule has 2 N–H and O–H groups in total. The molecule has 2 rings (SSSR count). The smallest absolute Gasteiger partial charge is 0.323 e. The van der Waals surface area contributed by atoms with Gasteiger partial charge >= 0.3 is 5.97 Å². The molecule has 0 radical (unpaired) electrons. The average Bonchev–Trinajstić information content (AvgIpc) is 2.76. The Bertz CT molecular complexity index is 408. The van der Waals surface area contributed by atoms with Crippen LogP contribution >= 0.6 is 0 Å². The van der Waals surface area contributed by atoms with Crippen molar-refractivity contribution in [1.29, 1.82) is 0 Å². The Morgan fingerprint density at radius 3 is 3.18 bits per heavy atom. The molecule has 17 heavy (non-hydrogen) atoms. The summed E-state index contributed by atoms with van der Waals surface area (Å²) in [4.78, 5) is 17.9. The maximum absolute atomic E-state index is 11.6. The van der Waals surface area contributed by atoms with Crippen LogP contribution in [0.25, 0.3) is 0 Å². The lowest BCUT2D eigenvalue weighted by atomic mass is 10.2. The van der Waals surface area contributed by atoms with E-state index in [1.807, 2.05) is 12.1 Å². The van der Waals surface area contributed by atoms with Gasteiger partial charge in [0.1, 0.15) is 11.9 Å². The second-order valence-corrected chi connectivity index (χ2v) is 4.21. The molecule has 1 fully saturated rings. The number of nitrogens with zero attached hydrogens (tertiary/aromatic N) is 2. The van der Waals surface area contributed by atoms with Crippen molar-refractivity contribution in [3.63, 3.8) is 0 Å². The predicted octanol–water partition coefficient (Wildman–Crippen LogP) is 0.801. The summed E-state index contributed by atoms with van der Waals surface area (Å²) in [5.74, 6) is 0.350. The molecule has 0 aliphatic carbocycles. The number of anilines is 1. The molecule has 1 aliphatic rings. The van der Waals surface area contributed by atoms with Crippen LogP contribution in [-0.4, -0.2) is 35.5 Å². The highest BCUT2D eigenvalue weighted by Crippen LogP contribution is 2.20. The topological polar surface area (TPSA) is 68.5 Å². The van der Waals surface area contributed by atoms with Gasteiger partial charge in [0.05, 0.1) is 12.8 Å². The van der Waals surface area contributed by atoms with Crippen LogP contribution in [0.3, 0.4) is 0 Å². The second-order valence-electron chi connectivity index (χ2n) is 4.21. The Kier molecular flexibility index (Phi) is 3.58. The highest BCUT2D eigenvalue weighted by Gasteiger charge is 2.31. The van der Waals surface area contributed by atoms with Gasteiger partial charge in [0.15, 0.2) is 0 Å². The van der Waals surface area contributed by atoms with Crippen LogP contribution < -0.4 is 5.73 Å². The van der Waals surface area contributed by atoms with Gasteiger partial charge in [0, 0.05) is 6.54 Å². The fourth-order valence-electron chi connectivity index (χ4n) is 2.21. The Hall–Kier alpha value is -1.62. The van der Waals surface area contributed by atoms with Gasteiger partial charge in [-0.3, -0.25) is 9.69 Å². The highest BCUT2D eigenvalue weighted by atomic mass is 16.5. The maximum atomic E-state index is 11.6. The number of methoxy groups -OCH3 is 1. The normalized spacial score (nSPS) is 20.4. The van der Waals surface area contributed by atoms with Gasteiger partial charge in [-0.25, -0.2) is 4.98 Å². The van der Waals surface area contributed by atoms with Crippen molar-refractivity contribution in [1.82, 2.24) is 9.88 Å². The standard InChI is InChI=1S/C12H17N3O2/c1-17-12(16)10-5-3-7-15(10)8-9-4-2-6-11(13)14-9/h2,4,6,10H,3,5,7-8H2,1H3,(H2,13,14). The number of likely N-dealkylation sites (tertiary alicyclic amines) is 1. The molecule has 0 bridgehead atoms. The number of carbonyl (C=O) groups excluding carboxylic acids is 1. The van der Waals surface area contributed by atoms with Crippen LogP contribution in [0.5, 0.6) is 0 Å². The van der Waals surface area contributed by atoms with Crippen molar-refractivity contribution in [2.45, 2.75) is 25.4 Å². The minimum atomic E-state index is -0.161. The van der Waals surface area contributed by atoms with Crippen LogP contribution in [0.2, 0.25) is 0 Å². The third kappa shape index (κ3) is 2.74. The van der Waals surface area contributed by atoms with Crippen LogP contribution in [0, 0.1) is 0 Å². The summed E-state index contributed by atoms with van der Waals surface area (Å²) in [6.07, 6.45) is 1.87. The Morgan fingerprint density at radius 2 is 2.47 bits per heavy atom. The monoisotopic (exact) mass is 235 g/mol. The van der Waals surface area contributed by atoms with Crippen LogP contribution in [0.1, 0.15) is 18.5 Å². The quantitative estimate of drug-likeness (QED) is 0.785. The number of esters is 1. The summed E-state index contributed by atoms with van der Waals surface area (Å²) in [5.41, 5.74) is 6.52. The van der Waals surface area contributed by atoms with E-state index >= 15 is 0 Å². The summed E-state index contributed by atoms with van der Waals surface area (Å²) >= 11 is 0. The minimum Gasteiger partial charge on any atom is -0.468 e. The molecule has 1 unspecified atom stereocenters. The first-order valence-electron chi connectivity index (χ1n) is 5.74. The Labute approximate surface area is 101 Å². The van der Waals surface area contributed by atoms with Crippen molar-refractivity contribution >= 4 is 11.8 Å². The van der Waals surface area contributed by atoms with Crippen molar-refractivity contribution in [3.05, 3.63) is 23.9 Å². The third-order valence-electron chi connectivity index (χ3n) is 3.03. The average molecular weight is 235 g/mol. The minimum absolute atomic E-state index is 0.136. The highest BCUT2D eigenvalue weighted by molar-refractivity contribution is 5.75. The molecular weight excluding hydrogens is 218 g/mol. The van der Waals surface area contributed by atoms with Gasteiger partial charge < -0.3 is 10.5 Å². The lowest BCUT2D eigenvalue weighted by molar-refractivity contribution is -0.146. The molecule has 1 atom stereocenters. The maximum Gasteiger partial charge on any atom is 0.323 e. The molecule has 1 aromatic heterocycles. The molecule has 1 aliphatic heterocycles. The van der Waals surface area contributed by atoms with E-state index in [0.717, 1.165) is 25.1 Å². The van der Waals surface area contributed by atoms with Gasteiger partial charge in [0.2, 0.25) is 0 Å². The first-order valence-corrected chi connectivity index (χ1v) is 5.74. The molecule has 0 amide bonds. The molecule has 5 heteroatoms. The molecule has 92 valence electrons. The number of hydrogen-bond donors (Lipinski definition) is 1. The zero-order chi connectivity index (χ0) is 12.3. The number of carbonyl (C=O) groups is 1. The SMILES string of the molecule is COC(=O)C1CCCN1Cc1cccc(N)n1. The first-order chi connectivity index (χ1) is 8.20. The van der Waals surface area contributed by atoms with E-state index in [2.05, 4.69) is 9.88 Å². The molecule has 0 aromatic carbocycles. The summed E-state index contributed by atoms with van der Waals surface area (Å²) < 4.78 is 4.80. The van der Waals surface area contributed by atoms with Crippen molar-refractivity contribution < 1.29 is 9.53 Å². The summed E-state index contributed by atoms with van der Waals surface area (Å²) in [6, 6.07) is 5.41. The van der Waals surface area contributed by atoms with E-state index in [4.69, 9.17) is 10.5 Å². The van der Waals surface area contributed by atoms with E-state index < -0.39 is 0 Å². The summed E-state index contributed by atoms with van der Waals surface area (Å²) in [5, 5.41) is 0. The van der Waals surface area contributed by atoms with Gasteiger partial charge in [-0.2, -0.15) is 0 Å². The van der Waals surface area contributed by atoms with Gasteiger partial charge in [-0.05, 0) is 31.5 Å². The molecule has 0 saturated carbocycles. The third-order valence-corrected chi connectivity index (χ3v) is 3.03. The molecule has 2 heterocycles. The molecule has 5 nitrogen and oxygen atoms in total. The number of nitrogens with two attached hydrogens (primary N) is 1. The van der Waals surface area contributed by atoms with Crippen LogP contribution in [0.4, 0.5) is 5.82 Å². The lowest BCUT2D eigenvalue weighted by Gasteiger charge is -2.21. The fraction of sp³-hybridized carbons (Fsp3) is 0.500. The fourth-order valence-corrected chi connectivity index (χ4v) is 2.21.